The van der Waals surface area contributed by atoms with Crippen LogP contribution in [0.5, 0.6) is 0 Å². The van der Waals surface area contributed by atoms with E-state index in [-0.39, 0.29) is 5.69 Å². The van der Waals surface area contributed by atoms with Crippen molar-refractivity contribution in [2.45, 2.75) is 24.1 Å². The zero-order chi connectivity index (χ0) is 17.1. The van der Waals surface area contributed by atoms with Crippen LogP contribution in [-0.4, -0.2) is 20.1 Å². The Morgan fingerprint density at radius 3 is 2.58 bits per heavy atom. The van der Waals surface area contributed by atoms with Gasteiger partial charge in [-0.05, 0) is 24.3 Å². The Morgan fingerprint density at radius 2 is 1.92 bits per heavy atom. The van der Waals surface area contributed by atoms with Crippen molar-refractivity contribution in [1.29, 1.82) is 0 Å². The SMILES string of the molecule is CC(C)Sc1cc(-c2nc(-c3ccc([N+](=O)[O-])cc3)cs2)ccn1. The molecule has 0 aliphatic carbocycles. The molecule has 5 nitrogen and oxygen atoms in total. The number of nitro groups is 1. The van der Waals surface area contributed by atoms with Gasteiger partial charge in [0.1, 0.15) is 5.01 Å². The zero-order valence-electron chi connectivity index (χ0n) is 13.2. The molecule has 0 amide bonds. The van der Waals surface area contributed by atoms with Crippen molar-refractivity contribution < 1.29 is 4.92 Å². The minimum Gasteiger partial charge on any atom is -0.258 e. The van der Waals surface area contributed by atoms with Crippen LogP contribution in [0.2, 0.25) is 0 Å². The van der Waals surface area contributed by atoms with Crippen LogP contribution in [0.1, 0.15) is 13.8 Å². The number of pyridine rings is 1. The van der Waals surface area contributed by atoms with E-state index in [1.54, 1.807) is 41.4 Å². The van der Waals surface area contributed by atoms with Gasteiger partial charge in [0.05, 0.1) is 15.6 Å². The van der Waals surface area contributed by atoms with Crippen molar-refractivity contribution in [2.75, 3.05) is 0 Å². The summed E-state index contributed by atoms with van der Waals surface area (Å²) >= 11 is 3.27. The predicted octanol–water partition coefficient (Wildman–Crippen LogP) is 5.28. The molecule has 3 aromatic rings. The van der Waals surface area contributed by atoms with E-state index in [0.717, 1.165) is 26.9 Å². The lowest BCUT2D eigenvalue weighted by molar-refractivity contribution is -0.384. The van der Waals surface area contributed by atoms with Crippen molar-refractivity contribution in [3.63, 3.8) is 0 Å². The Balaban J connectivity index is 1.86. The average Bonchev–Trinajstić information content (AvgIpc) is 3.04. The lowest BCUT2D eigenvalue weighted by Gasteiger charge is -2.04. The number of aromatic nitrogens is 2. The van der Waals surface area contributed by atoms with Crippen LogP contribution in [0.15, 0.2) is 53.0 Å². The summed E-state index contributed by atoms with van der Waals surface area (Å²) in [5.41, 5.74) is 2.80. The van der Waals surface area contributed by atoms with Gasteiger partial charge in [0, 0.05) is 40.1 Å². The highest BCUT2D eigenvalue weighted by molar-refractivity contribution is 7.99. The van der Waals surface area contributed by atoms with Crippen LogP contribution < -0.4 is 0 Å². The van der Waals surface area contributed by atoms with Gasteiger partial charge in [-0.1, -0.05) is 13.8 Å². The summed E-state index contributed by atoms with van der Waals surface area (Å²) in [6.45, 7) is 4.27. The Bertz CT molecular complexity index is 860. The van der Waals surface area contributed by atoms with E-state index >= 15 is 0 Å². The molecule has 0 aliphatic rings. The second-order valence-corrected chi connectivity index (χ2v) is 7.85. The van der Waals surface area contributed by atoms with Crippen LogP contribution in [0.25, 0.3) is 21.8 Å². The number of non-ortho nitro benzene ring substituents is 1. The fourth-order valence-corrected chi connectivity index (χ4v) is 3.77. The van der Waals surface area contributed by atoms with Crippen molar-refractivity contribution in [3.8, 4) is 21.8 Å². The number of hydrogen-bond donors (Lipinski definition) is 0. The maximum Gasteiger partial charge on any atom is 0.269 e. The highest BCUT2D eigenvalue weighted by atomic mass is 32.2. The summed E-state index contributed by atoms with van der Waals surface area (Å²) in [6, 6.07) is 10.4. The number of nitro benzene ring substituents is 1. The smallest absolute Gasteiger partial charge is 0.258 e. The van der Waals surface area contributed by atoms with E-state index in [0.29, 0.717) is 5.25 Å². The summed E-state index contributed by atoms with van der Waals surface area (Å²) in [5, 5.41) is 15.1. The molecule has 122 valence electrons. The van der Waals surface area contributed by atoms with Crippen molar-refractivity contribution in [3.05, 3.63) is 58.1 Å². The van der Waals surface area contributed by atoms with Crippen molar-refractivity contribution >= 4 is 28.8 Å². The first-order chi connectivity index (χ1) is 11.5. The van der Waals surface area contributed by atoms with E-state index in [1.807, 2.05) is 17.5 Å². The first-order valence-electron chi connectivity index (χ1n) is 7.36. The van der Waals surface area contributed by atoms with Crippen LogP contribution in [0.4, 0.5) is 5.69 Å². The Hall–Kier alpha value is -2.25. The van der Waals surface area contributed by atoms with Gasteiger partial charge in [0.25, 0.3) is 5.69 Å². The van der Waals surface area contributed by atoms with Crippen LogP contribution in [-0.2, 0) is 0 Å². The van der Waals surface area contributed by atoms with E-state index in [2.05, 4.69) is 23.8 Å². The van der Waals surface area contributed by atoms with Crippen LogP contribution >= 0.6 is 23.1 Å². The second kappa shape index (κ2) is 7.11. The van der Waals surface area contributed by atoms with Crippen LogP contribution in [0.3, 0.4) is 0 Å². The molecule has 0 spiro atoms. The number of thiazole rings is 1. The van der Waals surface area contributed by atoms with Gasteiger partial charge in [-0.3, -0.25) is 10.1 Å². The standard InChI is InChI=1S/C17H15N3O2S2/c1-11(2)24-16-9-13(7-8-18-16)17-19-15(10-23-17)12-3-5-14(6-4-12)20(21)22/h3-11H,1-2H3. The maximum absolute atomic E-state index is 10.7. The van der Waals surface area contributed by atoms with E-state index in [9.17, 15) is 10.1 Å². The summed E-state index contributed by atoms with van der Waals surface area (Å²) in [4.78, 5) is 19.4. The molecule has 24 heavy (non-hydrogen) atoms. The molecule has 7 heteroatoms. The second-order valence-electron chi connectivity index (χ2n) is 5.39. The highest BCUT2D eigenvalue weighted by Crippen LogP contribution is 2.31. The quantitative estimate of drug-likeness (QED) is 0.353. The van der Waals surface area contributed by atoms with Gasteiger partial charge in [0.15, 0.2) is 0 Å². The lowest BCUT2D eigenvalue weighted by Crippen LogP contribution is -1.89. The predicted molar refractivity (Wildman–Crippen MR) is 98.4 cm³/mol. The van der Waals surface area contributed by atoms with Gasteiger partial charge in [-0.25, -0.2) is 9.97 Å². The van der Waals surface area contributed by atoms with Gasteiger partial charge >= 0.3 is 0 Å². The Kier molecular flexibility index (Phi) is 4.92. The van der Waals surface area contributed by atoms with Gasteiger partial charge in [-0.2, -0.15) is 0 Å². The van der Waals surface area contributed by atoms with Crippen LogP contribution in [0, 0.1) is 10.1 Å². The first-order valence-corrected chi connectivity index (χ1v) is 9.12. The summed E-state index contributed by atoms with van der Waals surface area (Å²) in [7, 11) is 0. The number of rotatable bonds is 5. The van der Waals surface area contributed by atoms with Gasteiger partial charge in [-0.15, -0.1) is 23.1 Å². The first kappa shape index (κ1) is 16.6. The molecule has 0 aliphatic heterocycles. The summed E-state index contributed by atoms with van der Waals surface area (Å²) < 4.78 is 0. The third-order valence-corrected chi connectivity index (χ3v) is 5.04. The molecule has 0 bridgehead atoms. The Labute approximate surface area is 147 Å². The Morgan fingerprint density at radius 1 is 1.17 bits per heavy atom. The van der Waals surface area contributed by atoms with E-state index in [4.69, 9.17) is 0 Å². The fourth-order valence-electron chi connectivity index (χ4n) is 2.14. The number of nitrogens with zero attached hydrogens (tertiary/aromatic N) is 3. The van der Waals surface area contributed by atoms with E-state index < -0.39 is 4.92 Å². The molecule has 2 heterocycles. The lowest BCUT2D eigenvalue weighted by atomic mass is 10.1. The largest absolute Gasteiger partial charge is 0.269 e. The number of hydrogen-bond acceptors (Lipinski definition) is 6. The third kappa shape index (κ3) is 3.80. The highest BCUT2D eigenvalue weighted by Gasteiger charge is 2.10. The fraction of sp³-hybridized carbons (Fsp3) is 0.176. The minimum atomic E-state index is -0.402. The monoisotopic (exact) mass is 357 g/mol. The van der Waals surface area contributed by atoms with Gasteiger partial charge < -0.3 is 0 Å². The topological polar surface area (TPSA) is 68.9 Å². The normalized spacial score (nSPS) is 11.0. The number of thioether (sulfide) groups is 1. The summed E-state index contributed by atoms with van der Waals surface area (Å²) in [5.74, 6) is 0. The van der Waals surface area contributed by atoms with Gasteiger partial charge in [0.2, 0.25) is 0 Å². The van der Waals surface area contributed by atoms with Crippen molar-refractivity contribution in [1.82, 2.24) is 9.97 Å². The van der Waals surface area contributed by atoms with Crippen molar-refractivity contribution in [2.24, 2.45) is 0 Å². The molecule has 3 rings (SSSR count). The molecule has 0 atom stereocenters. The van der Waals surface area contributed by atoms with E-state index in [1.165, 1.54) is 12.1 Å². The average molecular weight is 357 g/mol. The molecule has 0 radical (unpaired) electrons. The third-order valence-electron chi connectivity index (χ3n) is 3.22. The molecule has 0 saturated carbocycles. The summed E-state index contributed by atoms with van der Waals surface area (Å²) in [6.07, 6.45) is 1.80. The minimum absolute atomic E-state index is 0.0821. The molecule has 0 fully saturated rings. The molecule has 1 aromatic carbocycles. The maximum atomic E-state index is 10.7. The molecule has 2 aromatic heterocycles. The zero-order valence-corrected chi connectivity index (χ0v) is 14.8. The molecule has 0 N–H and O–H groups in total. The number of benzene rings is 1. The molecule has 0 saturated heterocycles. The molecular weight excluding hydrogens is 342 g/mol. The molecule has 0 unspecified atom stereocenters. The molecular formula is C17H15N3O2S2.